The average Bonchev–Trinajstić information content (AvgIpc) is 3.58. The first-order chi connectivity index (χ1) is 22.4. The first-order valence-electron chi connectivity index (χ1n) is 16.3. The monoisotopic (exact) mass is 693 g/mol. The van der Waals surface area contributed by atoms with E-state index in [4.69, 9.17) is 41.9 Å². The number of nitrogens with one attached hydrogen (secondary N) is 3. The maximum absolute atomic E-state index is 12.6. The van der Waals surface area contributed by atoms with Crippen LogP contribution in [0.5, 0.6) is 0 Å². The van der Waals surface area contributed by atoms with Crippen LogP contribution in [-0.4, -0.2) is 159 Å². The number of aliphatic hydroxyl groups excluding tert-OH is 5. The molecule has 4 saturated heterocycles. The first-order valence-corrected chi connectivity index (χ1v) is 17.3. The van der Waals surface area contributed by atoms with Crippen molar-refractivity contribution in [2.45, 2.75) is 141 Å². The molecule has 0 spiro atoms. The van der Waals surface area contributed by atoms with Gasteiger partial charge in [-0.15, -0.1) is 0 Å². The Morgan fingerprint density at radius 1 is 0.894 bits per heavy atom. The van der Waals surface area contributed by atoms with Crippen molar-refractivity contribution in [2.24, 2.45) is 22.9 Å². The van der Waals surface area contributed by atoms with Crippen LogP contribution >= 0.6 is 11.8 Å². The highest BCUT2D eigenvalue weighted by Gasteiger charge is 2.50. The number of aliphatic hydroxyl groups is 5. The average molecular weight is 694 g/mol. The maximum Gasteiger partial charge on any atom is 0.315 e. The summed E-state index contributed by atoms with van der Waals surface area (Å²) in [4.78, 5) is 24.1. The Morgan fingerprint density at radius 3 is 2.28 bits per heavy atom. The molecule has 4 heterocycles. The Morgan fingerprint density at radius 2 is 1.57 bits per heavy atom. The fraction of sp³-hybridized carbons (Fsp3) is 0.929. The Kier molecular flexibility index (Phi) is 12.6. The quantitative estimate of drug-likeness (QED) is 0.0670. The lowest BCUT2D eigenvalue weighted by atomic mass is 9.84. The van der Waals surface area contributed by atoms with Gasteiger partial charge in [-0.05, 0) is 25.7 Å². The van der Waals surface area contributed by atoms with Crippen molar-refractivity contribution in [1.29, 1.82) is 0 Å². The van der Waals surface area contributed by atoms with E-state index in [9.17, 15) is 35.1 Å². The van der Waals surface area contributed by atoms with Crippen molar-refractivity contribution in [1.82, 2.24) is 16.0 Å². The minimum absolute atomic E-state index is 0.0113. The molecule has 0 bridgehead atoms. The highest BCUT2D eigenvalue weighted by atomic mass is 32.2. The molecule has 1 saturated carbocycles. The van der Waals surface area contributed by atoms with Crippen LogP contribution in [0, 0.1) is 0 Å². The van der Waals surface area contributed by atoms with Crippen LogP contribution < -0.4 is 38.9 Å². The minimum atomic E-state index is -1.48. The van der Waals surface area contributed by atoms with Gasteiger partial charge in [-0.3, -0.25) is 4.79 Å². The Balaban J connectivity index is 1.09. The second-order valence-corrected chi connectivity index (χ2v) is 14.5. The van der Waals surface area contributed by atoms with Crippen molar-refractivity contribution in [3.63, 3.8) is 0 Å². The van der Waals surface area contributed by atoms with Crippen LogP contribution in [0.25, 0.3) is 0 Å². The molecule has 18 nitrogen and oxygen atoms in total. The number of ether oxygens (including phenoxy) is 4. The zero-order valence-electron chi connectivity index (χ0n) is 26.1. The third-order valence-electron chi connectivity index (χ3n) is 9.76. The van der Waals surface area contributed by atoms with E-state index in [0.717, 1.165) is 18.6 Å². The summed E-state index contributed by atoms with van der Waals surface area (Å²) in [6.07, 6.45) is -9.02. The van der Waals surface area contributed by atoms with Gasteiger partial charge in [-0.25, -0.2) is 4.79 Å². The molecule has 4 aliphatic heterocycles. The molecule has 5 aliphatic rings. The molecule has 5 rings (SSSR count). The summed E-state index contributed by atoms with van der Waals surface area (Å²) < 4.78 is 23.4. The third-order valence-corrected chi connectivity index (χ3v) is 11.3. The van der Waals surface area contributed by atoms with E-state index in [1.165, 1.54) is 0 Å². The second kappa shape index (κ2) is 16.1. The molecule has 0 aromatic heterocycles. The molecule has 0 aromatic carbocycles. The summed E-state index contributed by atoms with van der Waals surface area (Å²) >= 11 is 1.83. The van der Waals surface area contributed by atoms with E-state index in [1.54, 1.807) is 0 Å². The lowest BCUT2D eigenvalue weighted by Gasteiger charge is -2.47. The van der Waals surface area contributed by atoms with Crippen molar-refractivity contribution in [3.8, 4) is 0 Å². The van der Waals surface area contributed by atoms with Crippen LogP contribution in [-0.2, 0) is 23.7 Å². The predicted molar refractivity (Wildman–Crippen MR) is 166 cm³/mol. The van der Waals surface area contributed by atoms with Gasteiger partial charge >= 0.3 is 6.03 Å². The number of unbranched alkanes of at least 4 members (excludes halogenated alkanes) is 1. The normalized spacial score (nSPS) is 46.8. The van der Waals surface area contributed by atoms with Gasteiger partial charge in [0.2, 0.25) is 5.91 Å². The van der Waals surface area contributed by atoms with Crippen LogP contribution in [0.3, 0.4) is 0 Å². The fourth-order valence-corrected chi connectivity index (χ4v) is 8.52. The molecule has 17 atom stereocenters. The van der Waals surface area contributed by atoms with E-state index < -0.39 is 92.2 Å². The lowest BCUT2D eigenvalue weighted by Crippen LogP contribution is -2.68. The molecule has 19 heteroatoms. The maximum atomic E-state index is 12.6. The highest BCUT2D eigenvalue weighted by Crippen LogP contribution is 2.34. The Hall–Kier alpha value is -1.43. The van der Waals surface area contributed by atoms with E-state index >= 15 is 0 Å². The van der Waals surface area contributed by atoms with Crippen molar-refractivity contribution in [2.75, 3.05) is 18.9 Å². The number of hydrogen-bond acceptors (Lipinski definition) is 16. The van der Waals surface area contributed by atoms with Gasteiger partial charge in [0.1, 0.15) is 42.7 Å². The molecule has 270 valence electrons. The van der Waals surface area contributed by atoms with Gasteiger partial charge in [-0.2, -0.15) is 11.8 Å². The molecular formula is C28H51N7O11S. The predicted octanol–water partition coefficient (Wildman–Crippen LogP) is -5.41. The van der Waals surface area contributed by atoms with Gasteiger partial charge < -0.3 is 83.4 Å². The second-order valence-electron chi connectivity index (χ2n) is 13.2. The summed E-state index contributed by atoms with van der Waals surface area (Å²) in [7, 11) is 0. The number of hydrogen-bond donors (Lipinski definition) is 12. The van der Waals surface area contributed by atoms with Crippen LogP contribution in [0.2, 0.25) is 0 Å². The zero-order chi connectivity index (χ0) is 34.0. The topological polar surface area (TPSA) is 312 Å². The molecule has 0 unspecified atom stereocenters. The summed E-state index contributed by atoms with van der Waals surface area (Å²) in [5.74, 6) is 0.689. The van der Waals surface area contributed by atoms with Gasteiger partial charge in [0, 0.05) is 36.1 Å². The number of carbonyl (C=O) groups is 2. The summed E-state index contributed by atoms with van der Waals surface area (Å²) in [5.41, 5.74) is 24.7. The number of nitrogens with two attached hydrogens (primary N) is 4. The molecular weight excluding hydrogens is 642 g/mol. The lowest BCUT2D eigenvalue weighted by molar-refractivity contribution is -0.315. The molecule has 3 amide bonds. The van der Waals surface area contributed by atoms with E-state index in [0.29, 0.717) is 18.1 Å². The van der Waals surface area contributed by atoms with Gasteiger partial charge in [0.25, 0.3) is 0 Å². The van der Waals surface area contributed by atoms with E-state index in [2.05, 4.69) is 16.0 Å². The van der Waals surface area contributed by atoms with Gasteiger partial charge in [0.05, 0.1) is 36.9 Å². The van der Waals surface area contributed by atoms with Gasteiger partial charge in [0.15, 0.2) is 12.6 Å². The Labute approximate surface area is 276 Å². The molecule has 5 fully saturated rings. The Bertz CT molecular complexity index is 1070. The summed E-state index contributed by atoms with van der Waals surface area (Å²) in [5, 5.41) is 61.1. The van der Waals surface area contributed by atoms with Crippen LogP contribution in [0.1, 0.15) is 38.5 Å². The van der Waals surface area contributed by atoms with Crippen molar-refractivity contribution >= 4 is 23.7 Å². The van der Waals surface area contributed by atoms with Crippen LogP contribution in [0.15, 0.2) is 0 Å². The standard InChI is InChI=1S/C28H51N7O11S/c29-10-5-11(30)25(46-27-22(40)19(32)21(39)16(8-36)44-27)23(41)24(10)45-26-12(31)6-14(37)15(43-26)7-33-18(38)4-2-1-3-17-20-13(9-47-17)34-28(42)35-20/h10-17,19-27,36-37,39-41H,1-9,29-32H2,(H,33,38)(H2,34,35,42)/t10-,11+,12-,13-,14-,15+,16+,17-,19-,20-,21+,22-,23+,24+,25-,26+,27+/m0/s1. The van der Waals surface area contributed by atoms with Crippen molar-refractivity contribution in [3.05, 3.63) is 0 Å². The van der Waals surface area contributed by atoms with E-state index in [1.807, 2.05) is 11.8 Å². The van der Waals surface area contributed by atoms with E-state index in [-0.39, 0.29) is 43.4 Å². The van der Waals surface area contributed by atoms with Crippen molar-refractivity contribution < 1.29 is 54.1 Å². The summed E-state index contributed by atoms with van der Waals surface area (Å²) in [6.45, 7) is -0.570. The number of carbonyl (C=O) groups excluding carboxylic acids is 2. The number of amides is 3. The summed E-state index contributed by atoms with van der Waals surface area (Å²) in [6, 6.07) is -3.37. The number of fused-ring (bicyclic) bond motifs is 1. The molecule has 16 N–H and O–H groups in total. The zero-order valence-corrected chi connectivity index (χ0v) is 26.9. The largest absolute Gasteiger partial charge is 0.394 e. The molecule has 0 aromatic rings. The number of thioether (sulfide) groups is 1. The molecule has 0 radical (unpaired) electrons. The fourth-order valence-electron chi connectivity index (χ4n) is 6.98. The third kappa shape index (κ3) is 8.48. The minimum Gasteiger partial charge on any atom is -0.394 e. The number of rotatable bonds is 12. The SMILES string of the molecule is N[C@@H]1[C@H](O)[C@@H](O[C@@H]2[C@H](O)[C@H](O[C@H]3O[C@H](CNC(=O)CCCC[C@@H]4SC[C@@H]5NC(=O)N[C@@H]54)[C@@H](O)C[C@@H]3N)[C@@H](N)C[C@H]2N)O[C@H](CO)[C@H]1O. The molecule has 47 heavy (non-hydrogen) atoms. The first kappa shape index (κ1) is 36.8. The van der Waals surface area contributed by atoms with Crippen LogP contribution in [0.4, 0.5) is 4.79 Å². The number of urea groups is 1. The molecule has 1 aliphatic carbocycles. The van der Waals surface area contributed by atoms with Gasteiger partial charge in [-0.1, -0.05) is 6.42 Å². The highest BCUT2D eigenvalue weighted by molar-refractivity contribution is 8.00. The smallest absolute Gasteiger partial charge is 0.315 e.